The zero-order valence-corrected chi connectivity index (χ0v) is 20.1. The highest BCUT2D eigenvalue weighted by molar-refractivity contribution is 6.30. The normalized spacial score (nSPS) is 14.3. The first-order chi connectivity index (χ1) is 16.4. The van der Waals surface area contributed by atoms with Gasteiger partial charge < -0.3 is 14.2 Å². The van der Waals surface area contributed by atoms with Crippen LogP contribution in [0.1, 0.15) is 48.9 Å². The van der Waals surface area contributed by atoms with Crippen molar-refractivity contribution in [2.24, 2.45) is 4.99 Å². The van der Waals surface area contributed by atoms with E-state index in [0.29, 0.717) is 41.6 Å². The van der Waals surface area contributed by atoms with Crippen LogP contribution >= 0.6 is 11.6 Å². The zero-order valence-electron chi connectivity index (χ0n) is 19.4. The van der Waals surface area contributed by atoms with Gasteiger partial charge in [0.05, 0.1) is 6.61 Å². The third kappa shape index (κ3) is 5.67. The lowest BCUT2D eigenvalue weighted by Gasteiger charge is -2.13. The number of aliphatic imine (C=N–C) groups is 1. The molecule has 0 saturated carbocycles. The summed E-state index contributed by atoms with van der Waals surface area (Å²) in [5.41, 5.74) is 3.92. The molecular formula is C28H26ClNO4. The molecular weight excluding hydrogens is 450 g/mol. The van der Waals surface area contributed by atoms with Crippen LogP contribution in [0.15, 0.2) is 77.4 Å². The summed E-state index contributed by atoms with van der Waals surface area (Å²) in [5.74, 6) is 1.43. The number of hydrogen-bond acceptors (Lipinski definition) is 5. The molecule has 0 unspecified atom stereocenters. The molecule has 0 atom stereocenters. The van der Waals surface area contributed by atoms with Crippen LogP contribution in [0.25, 0.3) is 6.08 Å². The van der Waals surface area contributed by atoms with Crippen molar-refractivity contribution in [1.82, 2.24) is 0 Å². The second kappa shape index (κ2) is 10.6. The molecule has 3 aromatic rings. The number of cyclic esters (lactones) is 1. The first kappa shape index (κ1) is 23.6. The van der Waals surface area contributed by atoms with E-state index in [9.17, 15) is 4.79 Å². The van der Waals surface area contributed by atoms with Gasteiger partial charge in [0.15, 0.2) is 17.2 Å². The lowest BCUT2D eigenvalue weighted by atomic mass is 10.0. The lowest BCUT2D eigenvalue weighted by molar-refractivity contribution is -0.129. The monoisotopic (exact) mass is 475 g/mol. The van der Waals surface area contributed by atoms with Crippen molar-refractivity contribution < 1.29 is 19.0 Å². The third-order valence-corrected chi connectivity index (χ3v) is 5.53. The number of rotatable bonds is 8. The highest BCUT2D eigenvalue weighted by Gasteiger charge is 2.24. The minimum Gasteiger partial charge on any atom is -0.490 e. The molecule has 0 fully saturated rings. The molecule has 6 heteroatoms. The van der Waals surface area contributed by atoms with Gasteiger partial charge in [-0.1, -0.05) is 55.8 Å². The minimum atomic E-state index is -0.484. The van der Waals surface area contributed by atoms with E-state index in [1.807, 2.05) is 73.7 Å². The van der Waals surface area contributed by atoms with Crippen molar-refractivity contribution in [3.05, 3.63) is 99.7 Å². The number of halogens is 1. The van der Waals surface area contributed by atoms with Crippen molar-refractivity contribution in [1.29, 1.82) is 0 Å². The van der Waals surface area contributed by atoms with Crippen LogP contribution in [0.4, 0.5) is 0 Å². The standard InChI is InChI=1S/C28H26ClNO4/c1-4-32-26-16-19(8-13-25(26)33-17-20-6-5-7-23(29)14-20)15-24-28(31)34-27(30-24)22-11-9-21(10-12-22)18(2)3/h5-16,18H,4,17H2,1-3H3/b24-15-. The third-order valence-electron chi connectivity index (χ3n) is 5.30. The van der Waals surface area contributed by atoms with Gasteiger partial charge in [-0.15, -0.1) is 0 Å². The van der Waals surface area contributed by atoms with Gasteiger partial charge >= 0.3 is 5.97 Å². The molecule has 0 N–H and O–H groups in total. The largest absolute Gasteiger partial charge is 0.490 e. The molecule has 0 amide bonds. The van der Waals surface area contributed by atoms with Crippen molar-refractivity contribution in [2.75, 3.05) is 6.61 Å². The summed E-state index contributed by atoms with van der Waals surface area (Å²) >= 11 is 6.05. The highest BCUT2D eigenvalue weighted by Crippen LogP contribution is 2.31. The molecule has 4 rings (SSSR count). The topological polar surface area (TPSA) is 57.1 Å². The van der Waals surface area contributed by atoms with Gasteiger partial charge in [-0.2, -0.15) is 0 Å². The molecule has 0 aromatic heterocycles. The van der Waals surface area contributed by atoms with Gasteiger partial charge in [0, 0.05) is 10.6 Å². The van der Waals surface area contributed by atoms with E-state index in [1.54, 1.807) is 6.08 Å². The summed E-state index contributed by atoms with van der Waals surface area (Å²) in [5, 5.41) is 0.660. The van der Waals surface area contributed by atoms with Crippen molar-refractivity contribution >= 4 is 29.5 Å². The second-order valence-corrected chi connectivity index (χ2v) is 8.61. The van der Waals surface area contributed by atoms with Crippen LogP contribution in [0.3, 0.4) is 0 Å². The van der Waals surface area contributed by atoms with Gasteiger partial charge in [-0.05, 0) is 72.0 Å². The smallest absolute Gasteiger partial charge is 0.363 e. The number of esters is 1. The van der Waals surface area contributed by atoms with Gasteiger partial charge in [0.2, 0.25) is 5.90 Å². The molecule has 0 saturated heterocycles. The Balaban J connectivity index is 1.54. The van der Waals surface area contributed by atoms with E-state index in [0.717, 1.165) is 16.7 Å². The summed E-state index contributed by atoms with van der Waals surface area (Å²) in [7, 11) is 0. The van der Waals surface area contributed by atoms with Crippen LogP contribution in [-0.2, 0) is 16.1 Å². The Hall–Kier alpha value is -3.57. The van der Waals surface area contributed by atoms with Crippen molar-refractivity contribution in [3.8, 4) is 11.5 Å². The quantitative estimate of drug-likeness (QED) is 0.266. The fraction of sp³-hybridized carbons (Fsp3) is 0.214. The van der Waals surface area contributed by atoms with Gasteiger partial charge in [0.25, 0.3) is 0 Å². The molecule has 0 aliphatic carbocycles. The predicted molar refractivity (Wildman–Crippen MR) is 135 cm³/mol. The average Bonchev–Trinajstić information content (AvgIpc) is 3.19. The number of benzene rings is 3. The molecule has 1 aliphatic rings. The maximum Gasteiger partial charge on any atom is 0.363 e. The molecule has 34 heavy (non-hydrogen) atoms. The zero-order chi connectivity index (χ0) is 24.1. The molecule has 0 spiro atoms. The van der Waals surface area contributed by atoms with E-state index in [2.05, 4.69) is 18.8 Å². The van der Waals surface area contributed by atoms with Crippen LogP contribution < -0.4 is 9.47 Å². The fourth-order valence-electron chi connectivity index (χ4n) is 3.49. The van der Waals surface area contributed by atoms with Crippen molar-refractivity contribution in [3.63, 3.8) is 0 Å². The molecule has 1 heterocycles. The Kier molecular flexibility index (Phi) is 7.33. The van der Waals surface area contributed by atoms with E-state index >= 15 is 0 Å². The van der Waals surface area contributed by atoms with E-state index in [1.165, 1.54) is 5.56 Å². The molecule has 5 nitrogen and oxygen atoms in total. The van der Waals surface area contributed by atoms with E-state index in [-0.39, 0.29) is 5.70 Å². The summed E-state index contributed by atoms with van der Waals surface area (Å²) in [6.45, 7) is 7.00. The maximum atomic E-state index is 12.4. The minimum absolute atomic E-state index is 0.234. The van der Waals surface area contributed by atoms with Crippen LogP contribution in [0.2, 0.25) is 5.02 Å². The number of nitrogens with zero attached hydrogens (tertiary/aromatic N) is 1. The maximum absolute atomic E-state index is 12.4. The Bertz CT molecular complexity index is 1250. The molecule has 174 valence electrons. The Morgan fingerprint density at radius 1 is 1.00 bits per heavy atom. The number of ether oxygens (including phenoxy) is 3. The highest BCUT2D eigenvalue weighted by atomic mass is 35.5. The Morgan fingerprint density at radius 3 is 2.50 bits per heavy atom. The number of carbonyl (C=O) groups is 1. The van der Waals surface area contributed by atoms with E-state index in [4.69, 9.17) is 25.8 Å². The number of hydrogen-bond donors (Lipinski definition) is 0. The lowest BCUT2D eigenvalue weighted by Crippen LogP contribution is -2.05. The predicted octanol–water partition coefficient (Wildman–Crippen LogP) is 6.79. The second-order valence-electron chi connectivity index (χ2n) is 8.17. The summed E-state index contributed by atoms with van der Waals surface area (Å²) in [6.07, 6.45) is 1.68. The fourth-order valence-corrected chi connectivity index (χ4v) is 3.70. The summed E-state index contributed by atoms with van der Waals surface area (Å²) < 4.78 is 17.1. The Labute approximate surface area is 204 Å². The first-order valence-corrected chi connectivity index (χ1v) is 11.6. The molecule has 1 aliphatic heterocycles. The van der Waals surface area contributed by atoms with E-state index < -0.39 is 5.97 Å². The van der Waals surface area contributed by atoms with Gasteiger partial charge in [0.1, 0.15) is 6.61 Å². The van der Waals surface area contributed by atoms with Crippen LogP contribution in [-0.4, -0.2) is 18.5 Å². The van der Waals surface area contributed by atoms with Crippen LogP contribution in [0.5, 0.6) is 11.5 Å². The van der Waals surface area contributed by atoms with Gasteiger partial charge in [-0.3, -0.25) is 0 Å². The summed E-state index contributed by atoms with van der Waals surface area (Å²) in [4.78, 5) is 16.8. The first-order valence-electron chi connectivity index (χ1n) is 11.2. The Morgan fingerprint density at radius 2 is 1.79 bits per heavy atom. The van der Waals surface area contributed by atoms with Crippen LogP contribution in [0, 0.1) is 0 Å². The SMILES string of the molecule is CCOc1cc(/C=C2\N=C(c3ccc(C(C)C)cc3)OC2=O)ccc1OCc1cccc(Cl)c1. The van der Waals surface area contributed by atoms with Gasteiger partial charge in [-0.25, -0.2) is 9.79 Å². The molecule has 0 radical (unpaired) electrons. The molecule has 0 bridgehead atoms. The molecule has 3 aromatic carbocycles. The van der Waals surface area contributed by atoms with Crippen molar-refractivity contribution in [2.45, 2.75) is 33.3 Å². The average molecular weight is 476 g/mol. The number of carbonyl (C=O) groups excluding carboxylic acids is 1. The summed E-state index contributed by atoms with van der Waals surface area (Å²) in [6, 6.07) is 20.9.